The summed E-state index contributed by atoms with van der Waals surface area (Å²) in [6.45, 7) is 0. The van der Waals surface area contributed by atoms with Gasteiger partial charge in [0.2, 0.25) is 0 Å². The summed E-state index contributed by atoms with van der Waals surface area (Å²) in [4.78, 5) is 13.6. The number of aromatic hydroxyl groups is 1. The van der Waals surface area contributed by atoms with Crippen LogP contribution in [0.5, 0.6) is 5.75 Å². The second kappa shape index (κ2) is 8.55. The van der Waals surface area contributed by atoms with Crippen LogP contribution in [0.1, 0.15) is 33.8 Å². The van der Waals surface area contributed by atoms with Gasteiger partial charge in [-0.15, -0.1) is 0 Å². The minimum absolute atomic E-state index is 0.0127. The van der Waals surface area contributed by atoms with Gasteiger partial charge in [-0.2, -0.15) is 0 Å². The zero-order valence-electron chi connectivity index (χ0n) is 19.0. The molecule has 6 rings (SSSR count). The number of phenolic OH excluding ortho intramolecular Hbond substituents is 1. The van der Waals surface area contributed by atoms with E-state index in [0.717, 1.165) is 38.4 Å². The SMILES string of the molecule is O=C(c1ccc(F)cc1)C1C=c2c(ccc3c2=CCc2cccc(O)c2-3)C(C2=CC=CC=CN2)C1. The number of carbonyl (C=O) groups excluding carboxylic acids is 1. The van der Waals surface area contributed by atoms with Crippen molar-refractivity contribution in [1.29, 1.82) is 0 Å². The molecule has 0 fully saturated rings. The minimum Gasteiger partial charge on any atom is -0.507 e. The van der Waals surface area contributed by atoms with E-state index >= 15 is 0 Å². The van der Waals surface area contributed by atoms with Crippen LogP contribution in [0.3, 0.4) is 0 Å². The van der Waals surface area contributed by atoms with E-state index in [0.29, 0.717) is 18.4 Å². The van der Waals surface area contributed by atoms with Gasteiger partial charge in [0.15, 0.2) is 5.78 Å². The monoisotopic (exact) mass is 461 g/mol. The largest absolute Gasteiger partial charge is 0.507 e. The first-order valence-corrected chi connectivity index (χ1v) is 11.9. The summed E-state index contributed by atoms with van der Waals surface area (Å²) in [7, 11) is 0. The molecule has 0 spiro atoms. The van der Waals surface area contributed by atoms with Gasteiger partial charge in [0, 0.05) is 34.9 Å². The fraction of sp³-hybridized carbons (Fsp3) is 0.129. The van der Waals surface area contributed by atoms with Crippen molar-refractivity contribution in [2.75, 3.05) is 0 Å². The van der Waals surface area contributed by atoms with Crippen LogP contribution in [0, 0.1) is 11.7 Å². The van der Waals surface area contributed by atoms with Crippen molar-refractivity contribution >= 4 is 17.9 Å². The van der Waals surface area contributed by atoms with Gasteiger partial charge in [0.25, 0.3) is 0 Å². The van der Waals surface area contributed by atoms with E-state index < -0.39 is 0 Å². The van der Waals surface area contributed by atoms with Gasteiger partial charge in [0.05, 0.1) is 0 Å². The van der Waals surface area contributed by atoms with Crippen molar-refractivity contribution < 1.29 is 14.3 Å². The van der Waals surface area contributed by atoms with Crippen LogP contribution in [0.2, 0.25) is 0 Å². The molecule has 0 saturated carbocycles. The molecule has 0 saturated heterocycles. The van der Waals surface area contributed by atoms with Crippen LogP contribution in [-0.2, 0) is 6.42 Å². The first-order chi connectivity index (χ1) is 17.1. The predicted molar refractivity (Wildman–Crippen MR) is 137 cm³/mol. The molecule has 3 aliphatic rings. The second-order valence-electron chi connectivity index (χ2n) is 9.19. The Hall–Kier alpha value is -4.18. The third-order valence-electron chi connectivity index (χ3n) is 7.16. The van der Waals surface area contributed by atoms with E-state index in [1.165, 1.54) is 12.1 Å². The van der Waals surface area contributed by atoms with Crippen LogP contribution in [-0.4, -0.2) is 10.9 Å². The molecular weight excluding hydrogens is 437 g/mol. The average Bonchev–Trinajstić information content (AvgIpc) is 3.17. The zero-order valence-corrected chi connectivity index (χ0v) is 19.0. The zero-order chi connectivity index (χ0) is 23.9. The highest BCUT2D eigenvalue weighted by Crippen LogP contribution is 2.37. The number of phenols is 1. The molecule has 0 aromatic heterocycles. The van der Waals surface area contributed by atoms with E-state index in [4.69, 9.17) is 0 Å². The van der Waals surface area contributed by atoms with Gasteiger partial charge in [-0.1, -0.05) is 48.6 Å². The number of fused-ring (bicyclic) bond motifs is 5. The molecule has 2 atom stereocenters. The van der Waals surface area contributed by atoms with E-state index in [1.54, 1.807) is 18.2 Å². The summed E-state index contributed by atoms with van der Waals surface area (Å²) in [5.74, 6) is -0.473. The number of halogens is 1. The smallest absolute Gasteiger partial charge is 0.169 e. The molecule has 1 heterocycles. The van der Waals surface area contributed by atoms with Gasteiger partial charge in [-0.05, 0) is 82.5 Å². The van der Waals surface area contributed by atoms with Crippen molar-refractivity contribution in [3.63, 3.8) is 0 Å². The first-order valence-electron chi connectivity index (χ1n) is 11.9. The Morgan fingerprint density at radius 3 is 2.69 bits per heavy atom. The number of allylic oxidation sites excluding steroid dienone is 5. The van der Waals surface area contributed by atoms with Crippen molar-refractivity contribution in [3.8, 4) is 16.9 Å². The van der Waals surface area contributed by atoms with Crippen LogP contribution >= 0.6 is 0 Å². The van der Waals surface area contributed by atoms with Gasteiger partial charge in [-0.3, -0.25) is 4.79 Å². The maximum Gasteiger partial charge on any atom is 0.169 e. The highest BCUT2D eigenvalue weighted by molar-refractivity contribution is 6.01. The number of benzene rings is 3. The number of nitrogens with one attached hydrogen (secondary N) is 1. The standard InChI is InChI=1S/C31H24FNO2/c32-22-11-8-20(9-12-22)31(35)21-17-26-23-13-10-19-5-4-7-29(34)30(19)25(23)15-14-24(26)27(18-21)28-6-2-1-3-16-33-28/h1-9,11-17,21,27,33-34H,10,18H2. The summed E-state index contributed by atoms with van der Waals surface area (Å²) >= 11 is 0. The molecule has 3 aromatic rings. The van der Waals surface area contributed by atoms with Crippen LogP contribution in [0.25, 0.3) is 23.3 Å². The predicted octanol–water partition coefficient (Wildman–Crippen LogP) is 4.86. The van der Waals surface area contributed by atoms with Crippen molar-refractivity contribution in [3.05, 3.63) is 124 Å². The van der Waals surface area contributed by atoms with Crippen molar-refractivity contribution in [1.82, 2.24) is 5.32 Å². The topological polar surface area (TPSA) is 49.3 Å². The number of ketones is 1. The molecule has 2 unspecified atom stereocenters. The average molecular weight is 462 g/mol. The lowest BCUT2D eigenvalue weighted by Crippen LogP contribution is -2.40. The van der Waals surface area contributed by atoms with Crippen molar-refractivity contribution in [2.24, 2.45) is 5.92 Å². The molecule has 4 heteroatoms. The molecule has 0 radical (unpaired) electrons. The van der Waals surface area contributed by atoms with E-state index in [-0.39, 0.29) is 29.2 Å². The summed E-state index contributed by atoms with van der Waals surface area (Å²) in [6.07, 6.45) is 15.5. The quantitative estimate of drug-likeness (QED) is 0.548. The molecular formula is C31H24FNO2. The van der Waals surface area contributed by atoms with E-state index in [2.05, 4.69) is 35.7 Å². The third-order valence-corrected chi connectivity index (χ3v) is 7.16. The van der Waals surface area contributed by atoms with Crippen LogP contribution in [0.15, 0.2) is 90.8 Å². The Kier molecular flexibility index (Phi) is 5.22. The molecule has 3 nitrogen and oxygen atoms in total. The number of rotatable bonds is 3. The number of hydrogen-bond donors (Lipinski definition) is 2. The summed E-state index contributed by atoms with van der Waals surface area (Å²) < 4.78 is 13.5. The Morgan fingerprint density at radius 2 is 1.83 bits per heavy atom. The third kappa shape index (κ3) is 3.71. The van der Waals surface area contributed by atoms with Gasteiger partial charge < -0.3 is 10.4 Å². The lowest BCUT2D eigenvalue weighted by Gasteiger charge is -2.30. The lowest BCUT2D eigenvalue weighted by atomic mass is 9.75. The highest BCUT2D eigenvalue weighted by atomic mass is 19.1. The maximum absolute atomic E-state index is 13.6. The summed E-state index contributed by atoms with van der Waals surface area (Å²) in [6, 6.07) is 15.6. The highest BCUT2D eigenvalue weighted by Gasteiger charge is 2.31. The molecule has 0 bridgehead atoms. The summed E-state index contributed by atoms with van der Waals surface area (Å²) in [5, 5.41) is 16.1. The minimum atomic E-state index is -0.359. The Labute approximate surface area is 202 Å². The Morgan fingerprint density at radius 1 is 0.971 bits per heavy atom. The normalized spacial score (nSPS) is 19.6. The molecule has 0 amide bonds. The van der Waals surface area contributed by atoms with Gasteiger partial charge >= 0.3 is 0 Å². The maximum atomic E-state index is 13.6. The fourth-order valence-electron chi connectivity index (χ4n) is 5.50. The summed E-state index contributed by atoms with van der Waals surface area (Å²) in [5.41, 5.74) is 5.63. The van der Waals surface area contributed by atoms with Crippen LogP contribution < -0.4 is 15.8 Å². The molecule has 1 aliphatic heterocycles. The molecule has 2 N–H and O–H groups in total. The van der Waals surface area contributed by atoms with Crippen LogP contribution in [0.4, 0.5) is 4.39 Å². The van der Waals surface area contributed by atoms with Crippen molar-refractivity contribution in [2.45, 2.75) is 18.8 Å². The Balaban J connectivity index is 1.55. The number of Topliss-reactive ketones (excluding diaryl/α,β-unsaturated/α-hetero) is 1. The molecule has 3 aromatic carbocycles. The van der Waals surface area contributed by atoms with Gasteiger partial charge in [0.1, 0.15) is 11.6 Å². The number of hydrogen-bond acceptors (Lipinski definition) is 3. The lowest BCUT2D eigenvalue weighted by molar-refractivity contribution is 0.0943. The second-order valence-corrected chi connectivity index (χ2v) is 9.19. The molecule has 2 aliphatic carbocycles. The first kappa shape index (κ1) is 21.4. The van der Waals surface area contributed by atoms with Gasteiger partial charge in [-0.25, -0.2) is 4.39 Å². The van der Waals surface area contributed by atoms with E-state index in [1.807, 2.05) is 36.6 Å². The van der Waals surface area contributed by atoms with E-state index in [9.17, 15) is 14.3 Å². The fourth-order valence-corrected chi connectivity index (χ4v) is 5.50. The molecule has 172 valence electrons. The Bertz CT molecular complexity index is 1560. The number of carbonyl (C=O) groups is 1. The molecule has 35 heavy (non-hydrogen) atoms.